The minimum absolute atomic E-state index is 0.615. The van der Waals surface area contributed by atoms with Crippen LogP contribution in [-0.4, -0.2) is 34.3 Å². The molecule has 86 valence electrons. The summed E-state index contributed by atoms with van der Waals surface area (Å²) in [6.45, 7) is 8.57. The second kappa shape index (κ2) is 8.68. The second-order valence-electron chi connectivity index (χ2n) is 2.83. The maximum atomic E-state index is 6.26. The van der Waals surface area contributed by atoms with Gasteiger partial charge in [0.25, 0.3) is 0 Å². The van der Waals surface area contributed by atoms with Crippen LogP contribution in [0.3, 0.4) is 0 Å². The van der Waals surface area contributed by atoms with Gasteiger partial charge in [0.15, 0.2) is 0 Å². The lowest BCUT2D eigenvalue weighted by atomic mass is 10.5. The Morgan fingerprint density at radius 1 is 1.00 bits per heavy atom. The number of halogens is 1. The van der Waals surface area contributed by atoms with Crippen LogP contribution < -0.4 is 0 Å². The molecule has 3 nitrogen and oxygen atoms in total. The first-order valence-electron chi connectivity index (χ1n) is 5.23. The van der Waals surface area contributed by atoms with Crippen LogP contribution >= 0.6 is 11.1 Å². The Bertz CT molecular complexity index is 129. The summed E-state index contributed by atoms with van der Waals surface area (Å²) in [5.74, 6) is 0. The van der Waals surface area contributed by atoms with E-state index in [0.29, 0.717) is 13.2 Å². The Balaban J connectivity index is 3.71. The molecule has 0 bridgehead atoms. The Kier molecular flexibility index (Phi) is 8.92. The number of rotatable bonds is 9. The van der Waals surface area contributed by atoms with Crippen molar-refractivity contribution in [1.29, 1.82) is 0 Å². The zero-order valence-corrected chi connectivity index (χ0v) is 11.1. The van der Waals surface area contributed by atoms with E-state index in [1.807, 2.05) is 20.8 Å². The lowest BCUT2D eigenvalue weighted by molar-refractivity contribution is 0.142. The second-order valence-corrected chi connectivity index (χ2v) is 6.95. The molecule has 0 aromatic carbocycles. The van der Waals surface area contributed by atoms with Crippen molar-refractivity contribution in [3.8, 4) is 0 Å². The van der Waals surface area contributed by atoms with Crippen molar-refractivity contribution >= 4 is 18.9 Å². The molecule has 0 aromatic rings. The normalized spacial score (nSPS) is 12.0. The molecule has 14 heavy (non-hydrogen) atoms. The molecule has 0 rings (SSSR count). The van der Waals surface area contributed by atoms with Crippen molar-refractivity contribution in [2.45, 2.75) is 33.2 Å². The van der Waals surface area contributed by atoms with Crippen LogP contribution in [0.5, 0.6) is 0 Å². The summed E-state index contributed by atoms with van der Waals surface area (Å²) in [5, 5.41) is 0. The van der Waals surface area contributed by atoms with E-state index in [-0.39, 0.29) is 0 Å². The van der Waals surface area contributed by atoms with Gasteiger partial charge in [-0.3, -0.25) is 0 Å². The molecule has 0 radical (unpaired) electrons. The van der Waals surface area contributed by atoms with E-state index in [1.54, 1.807) is 0 Å². The van der Waals surface area contributed by atoms with Crippen LogP contribution in [-0.2, 0) is 13.6 Å². The monoisotopic (exact) mass is 240 g/mol. The minimum atomic E-state index is -2.41. The van der Waals surface area contributed by atoms with Gasteiger partial charge in [0.05, 0.1) is 0 Å². The summed E-state index contributed by atoms with van der Waals surface area (Å²) in [4.78, 5) is 0. The number of ether oxygens (including phenoxy) is 1. The highest BCUT2D eigenvalue weighted by atomic mass is 35.6. The van der Waals surface area contributed by atoms with Crippen LogP contribution in [0.15, 0.2) is 0 Å². The fourth-order valence-corrected chi connectivity index (χ4v) is 4.00. The fraction of sp³-hybridized carbons (Fsp3) is 1.00. The Morgan fingerprint density at radius 2 is 1.57 bits per heavy atom. The van der Waals surface area contributed by atoms with Gasteiger partial charge in [-0.2, -0.15) is 0 Å². The summed E-state index contributed by atoms with van der Waals surface area (Å²) in [5.41, 5.74) is 0. The van der Waals surface area contributed by atoms with E-state index in [1.165, 1.54) is 0 Å². The molecular weight excluding hydrogens is 220 g/mol. The lowest BCUT2D eigenvalue weighted by Crippen LogP contribution is -2.36. The predicted molar refractivity (Wildman–Crippen MR) is 60.8 cm³/mol. The first kappa shape index (κ1) is 14.4. The smallest absolute Gasteiger partial charge is 0.383 e. The van der Waals surface area contributed by atoms with Crippen LogP contribution in [0.2, 0.25) is 6.04 Å². The van der Waals surface area contributed by atoms with Gasteiger partial charge in [-0.25, -0.2) is 0 Å². The minimum Gasteiger partial charge on any atom is -0.383 e. The molecule has 0 amide bonds. The van der Waals surface area contributed by atoms with Crippen molar-refractivity contribution < 1.29 is 13.6 Å². The third kappa shape index (κ3) is 6.78. The maximum absolute atomic E-state index is 6.26. The largest absolute Gasteiger partial charge is 0.443 e. The van der Waals surface area contributed by atoms with Crippen molar-refractivity contribution in [2.75, 3.05) is 26.4 Å². The average Bonchev–Trinajstić information content (AvgIpc) is 2.13. The molecule has 0 aromatic heterocycles. The fourth-order valence-electron chi connectivity index (χ4n) is 1.15. The van der Waals surface area contributed by atoms with Gasteiger partial charge in [0, 0.05) is 32.5 Å². The molecule has 0 atom stereocenters. The van der Waals surface area contributed by atoms with Gasteiger partial charge >= 0.3 is 7.87 Å². The summed E-state index contributed by atoms with van der Waals surface area (Å²) in [6.07, 6.45) is 0.906. The molecule has 0 N–H and O–H groups in total. The predicted octanol–water partition coefficient (Wildman–Crippen LogP) is 2.66. The van der Waals surface area contributed by atoms with Crippen molar-refractivity contribution in [3.05, 3.63) is 0 Å². The molecular formula is C9H21ClO3Si. The topological polar surface area (TPSA) is 27.7 Å². The Morgan fingerprint density at radius 3 is 2.00 bits per heavy atom. The van der Waals surface area contributed by atoms with Crippen LogP contribution in [0, 0.1) is 0 Å². The molecule has 0 aliphatic rings. The Labute approximate surface area is 92.6 Å². The van der Waals surface area contributed by atoms with Crippen molar-refractivity contribution in [2.24, 2.45) is 0 Å². The molecule has 0 saturated heterocycles. The highest BCUT2D eigenvalue weighted by molar-refractivity contribution is 7.12. The standard InChI is InChI=1S/C9H21ClO3Si/c1-4-11-8-7-9-14(10,12-5-2)13-6-3/h4-9H2,1-3H3. The molecule has 0 aliphatic heterocycles. The average molecular weight is 241 g/mol. The van der Waals surface area contributed by atoms with Gasteiger partial charge in [-0.15, -0.1) is 0 Å². The maximum Gasteiger partial charge on any atom is 0.443 e. The third-order valence-electron chi connectivity index (χ3n) is 1.69. The van der Waals surface area contributed by atoms with Crippen molar-refractivity contribution in [1.82, 2.24) is 0 Å². The molecule has 0 saturated carbocycles. The zero-order chi connectivity index (χ0) is 10.9. The summed E-state index contributed by atoms with van der Waals surface area (Å²) >= 11 is 6.26. The summed E-state index contributed by atoms with van der Waals surface area (Å²) in [7, 11) is -2.41. The number of hydrogen-bond donors (Lipinski definition) is 0. The molecule has 0 heterocycles. The van der Waals surface area contributed by atoms with Gasteiger partial charge in [-0.1, -0.05) is 11.1 Å². The van der Waals surface area contributed by atoms with E-state index in [4.69, 9.17) is 24.7 Å². The zero-order valence-electron chi connectivity index (χ0n) is 9.35. The first-order chi connectivity index (χ1) is 6.68. The molecule has 0 aliphatic carbocycles. The quantitative estimate of drug-likeness (QED) is 0.352. The highest BCUT2D eigenvalue weighted by Crippen LogP contribution is 2.20. The van der Waals surface area contributed by atoms with Crippen LogP contribution in [0.1, 0.15) is 27.2 Å². The summed E-state index contributed by atoms with van der Waals surface area (Å²) < 4.78 is 16.2. The Hall–Kier alpha value is 0.387. The molecule has 0 spiro atoms. The van der Waals surface area contributed by atoms with Crippen molar-refractivity contribution in [3.63, 3.8) is 0 Å². The number of hydrogen-bond acceptors (Lipinski definition) is 3. The van der Waals surface area contributed by atoms with Crippen LogP contribution in [0.25, 0.3) is 0 Å². The van der Waals surface area contributed by atoms with E-state index >= 15 is 0 Å². The lowest BCUT2D eigenvalue weighted by Gasteiger charge is -2.22. The SMILES string of the molecule is CCOCCC[Si](Cl)(OCC)OCC. The van der Waals surface area contributed by atoms with Gasteiger partial charge < -0.3 is 13.6 Å². The highest BCUT2D eigenvalue weighted by Gasteiger charge is 2.34. The molecule has 5 heteroatoms. The molecule has 0 fully saturated rings. The van der Waals surface area contributed by atoms with Gasteiger partial charge in [0.1, 0.15) is 0 Å². The van der Waals surface area contributed by atoms with E-state index in [0.717, 1.165) is 25.7 Å². The van der Waals surface area contributed by atoms with E-state index in [2.05, 4.69) is 0 Å². The first-order valence-corrected chi connectivity index (χ1v) is 8.26. The van der Waals surface area contributed by atoms with Gasteiger partial charge in [0.2, 0.25) is 0 Å². The summed E-state index contributed by atoms with van der Waals surface area (Å²) in [6, 6.07) is 0.788. The molecule has 0 unspecified atom stereocenters. The third-order valence-corrected chi connectivity index (χ3v) is 5.30. The van der Waals surface area contributed by atoms with Gasteiger partial charge in [-0.05, 0) is 27.2 Å². The van der Waals surface area contributed by atoms with E-state index in [9.17, 15) is 0 Å². The van der Waals surface area contributed by atoms with Crippen LogP contribution in [0.4, 0.5) is 0 Å². The van der Waals surface area contributed by atoms with E-state index < -0.39 is 7.87 Å².